The maximum Gasteiger partial charge on any atom is 0.475 e. The van der Waals surface area contributed by atoms with Crippen LogP contribution in [0.25, 0.3) is 0 Å². The molecule has 7 heteroatoms. The third-order valence-corrected chi connectivity index (χ3v) is 3.79. The fourth-order valence-corrected chi connectivity index (χ4v) is 2.51. The second-order valence-electron chi connectivity index (χ2n) is 5.70. The quantitative estimate of drug-likeness (QED) is 0.627. The Hall–Kier alpha value is -1.86. The number of hydrogen-bond donors (Lipinski definition) is 3. The summed E-state index contributed by atoms with van der Waals surface area (Å²) in [5.41, 5.74) is 2.02. The Balaban J connectivity index is 1.91. The molecule has 1 heterocycles. The molecule has 1 saturated heterocycles. The van der Waals surface area contributed by atoms with Crippen molar-refractivity contribution in [2.75, 3.05) is 13.1 Å². The molecule has 0 aromatic heterocycles. The normalized spacial score (nSPS) is 15.8. The highest BCUT2D eigenvalue weighted by Crippen LogP contribution is 2.10. The van der Waals surface area contributed by atoms with E-state index in [2.05, 4.69) is 5.32 Å². The molecule has 3 N–H and O–H groups in total. The number of aryl methyl sites for hydroxylation is 1. The molecule has 0 unspecified atom stereocenters. The number of likely N-dealkylation sites (tertiary alicyclic amines) is 1. The molecule has 118 valence electrons. The summed E-state index contributed by atoms with van der Waals surface area (Å²) in [5, 5.41) is 21.5. The molecule has 1 aromatic rings. The molecule has 0 radical (unpaired) electrons. The molecule has 2 rings (SSSR count). The summed E-state index contributed by atoms with van der Waals surface area (Å²) in [6.07, 6.45) is 1.56. The van der Waals surface area contributed by atoms with Crippen molar-refractivity contribution in [3.05, 3.63) is 35.4 Å². The van der Waals surface area contributed by atoms with Crippen LogP contribution in [0.1, 0.15) is 24.0 Å². The molecule has 1 fully saturated rings. The number of carbonyl (C=O) groups excluding carboxylic acids is 2. The lowest BCUT2D eigenvalue weighted by atomic mass is 9.76. The third kappa shape index (κ3) is 4.57. The van der Waals surface area contributed by atoms with Crippen LogP contribution < -0.4 is 5.32 Å². The molecule has 6 nitrogen and oxygen atoms in total. The minimum absolute atomic E-state index is 0.0318. The summed E-state index contributed by atoms with van der Waals surface area (Å²) in [4.78, 5) is 25.0. The van der Waals surface area contributed by atoms with Gasteiger partial charge >= 0.3 is 7.12 Å². The van der Waals surface area contributed by atoms with E-state index in [1.165, 1.54) is 4.90 Å². The van der Waals surface area contributed by atoms with E-state index in [1.54, 1.807) is 0 Å². The molecular formula is C15H21BN2O4. The molecule has 1 atom stereocenters. The summed E-state index contributed by atoms with van der Waals surface area (Å²) in [6, 6.07) is 7.64. The first-order valence-electron chi connectivity index (χ1n) is 7.44. The first kappa shape index (κ1) is 16.5. The van der Waals surface area contributed by atoms with Gasteiger partial charge < -0.3 is 20.3 Å². The van der Waals surface area contributed by atoms with Crippen LogP contribution in [0.5, 0.6) is 0 Å². The number of hydrogen-bond acceptors (Lipinski definition) is 4. The Bertz CT molecular complexity index is 533. The van der Waals surface area contributed by atoms with Crippen LogP contribution in [0.15, 0.2) is 24.3 Å². The fraction of sp³-hybridized carbons (Fsp3) is 0.467. The van der Waals surface area contributed by atoms with Crippen LogP contribution in [0.3, 0.4) is 0 Å². The van der Waals surface area contributed by atoms with Crippen LogP contribution in [0.4, 0.5) is 0 Å². The van der Waals surface area contributed by atoms with E-state index in [9.17, 15) is 19.6 Å². The SMILES string of the molecule is Cc1ccc(C[C@H](NC(=O)CN2CCCC2=O)B(O)O)cc1. The molecule has 0 spiro atoms. The highest BCUT2D eigenvalue weighted by Gasteiger charge is 2.28. The van der Waals surface area contributed by atoms with Gasteiger partial charge in [-0.05, 0) is 25.3 Å². The van der Waals surface area contributed by atoms with Crippen molar-refractivity contribution < 1.29 is 19.6 Å². The Morgan fingerprint density at radius 1 is 1.36 bits per heavy atom. The second kappa shape index (κ2) is 7.42. The van der Waals surface area contributed by atoms with Gasteiger partial charge in [0.2, 0.25) is 11.8 Å². The van der Waals surface area contributed by atoms with E-state index in [1.807, 2.05) is 31.2 Å². The molecule has 22 heavy (non-hydrogen) atoms. The Morgan fingerprint density at radius 3 is 2.59 bits per heavy atom. The van der Waals surface area contributed by atoms with Crippen molar-refractivity contribution in [2.45, 2.75) is 32.1 Å². The van der Waals surface area contributed by atoms with E-state index >= 15 is 0 Å². The largest absolute Gasteiger partial charge is 0.475 e. The summed E-state index contributed by atoms with van der Waals surface area (Å²) >= 11 is 0. The summed E-state index contributed by atoms with van der Waals surface area (Å²) in [6.45, 7) is 2.52. The van der Waals surface area contributed by atoms with Crippen LogP contribution in [-0.2, 0) is 16.0 Å². The van der Waals surface area contributed by atoms with Gasteiger partial charge in [0.15, 0.2) is 0 Å². The minimum atomic E-state index is -1.65. The predicted octanol–water partition coefficient (Wildman–Crippen LogP) is -0.343. The highest BCUT2D eigenvalue weighted by molar-refractivity contribution is 6.43. The zero-order valence-electron chi connectivity index (χ0n) is 12.7. The maximum atomic E-state index is 12.0. The van der Waals surface area contributed by atoms with Gasteiger partial charge in [-0.1, -0.05) is 29.8 Å². The molecule has 2 amide bonds. The van der Waals surface area contributed by atoms with Gasteiger partial charge in [-0.15, -0.1) is 0 Å². The van der Waals surface area contributed by atoms with Gasteiger partial charge in [0.05, 0.1) is 12.5 Å². The van der Waals surface area contributed by atoms with E-state index in [-0.39, 0.29) is 18.4 Å². The van der Waals surface area contributed by atoms with Crippen LogP contribution in [0.2, 0.25) is 0 Å². The Labute approximate surface area is 130 Å². The van der Waals surface area contributed by atoms with Crippen molar-refractivity contribution in [2.24, 2.45) is 0 Å². The number of rotatable bonds is 6. The standard InChI is InChI=1S/C15H21BN2O4/c1-11-4-6-12(7-5-11)9-13(16(21)22)17-14(19)10-18-8-2-3-15(18)20/h4-7,13,21-22H,2-3,8-10H2,1H3,(H,17,19)/t13-/m0/s1. The van der Waals surface area contributed by atoms with E-state index in [0.29, 0.717) is 19.4 Å². The lowest BCUT2D eigenvalue weighted by Gasteiger charge is -2.20. The van der Waals surface area contributed by atoms with Gasteiger partial charge in [0, 0.05) is 13.0 Å². The molecule has 0 aliphatic carbocycles. The van der Waals surface area contributed by atoms with E-state index < -0.39 is 13.1 Å². The number of benzene rings is 1. The smallest absolute Gasteiger partial charge is 0.426 e. The lowest BCUT2D eigenvalue weighted by Crippen LogP contribution is -2.50. The van der Waals surface area contributed by atoms with Crippen molar-refractivity contribution in [3.63, 3.8) is 0 Å². The second-order valence-corrected chi connectivity index (χ2v) is 5.70. The Kier molecular flexibility index (Phi) is 5.57. The lowest BCUT2D eigenvalue weighted by molar-refractivity contribution is -0.133. The van der Waals surface area contributed by atoms with Crippen molar-refractivity contribution in [3.8, 4) is 0 Å². The van der Waals surface area contributed by atoms with Crippen LogP contribution >= 0.6 is 0 Å². The van der Waals surface area contributed by atoms with Crippen LogP contribution in [-0.4, -0.2) is 52.9 Å². The van der Waals surface area contributed by atoms with E-state index in [0.717, 1.165) is 17.5 Å². The molecule has 1 aliphatic heterocycles. The Morgan fingerprint density at radius 2 is 2.05 bits per heavy atom. The third-order valence-electron chi connectivity index (χ3n) is 3.79. The van der Waals surface area contributed by atoms with Gasteiger partial charge in [-0.25, -0.2) is 0 Å². The zero-order chi connectivity index (χ0) is 16.1. The van der Waals surface area contributed by atoms with Gasteiger partial charge in [0.25, 0.3) is 0 Å². The number of carbonyl (C=O) groups is 2. The summed E-state index contributed by atoms with van der Waals surface area (Å²) in [5.74, 6) is -1.21. The summed E-state index contributed by atoms with van der Waals surface area (Å²) in [7, 11) is -1.65. The minimum Gasteiger partial charge on any atom is -0.426 e. The highest BCUT2D eigenvalue weighted by atomic mass is 16.4. The average molecular weight is 304 g/mol. The average Bonchev–Trinajstić information content (AvgIpc) is 2.85. The number of nitrogens with zero attached hydrogens (tertiary/aromatic N) is 1. The predicted molar refractivity (Wildman–Crippen MR) is 82.8 cm³/mol. The zero-order valence-corrected chi connectivity index (χ0v) is 12.7. The molecule has 1 aromatic carbocycles. The topological polar surface area (TPSA) is 89.9 Å². The molecule has 0 bridgehead atoms. The number of amides is 2. The van der Waals surface area contributed by atoms with Gasteiger partial charge in [0.1, 0.15) is 0 Å². The monoisotopic (exact) mass is 304 g/mol. The molecule has 1 aliphatic rings. The molecule has 0 saturated carbocycles. The van der Waals surface area contributed by atoms with Crippen molar-refractivity contribution in [1.29, 1.82) is 0 Å². The number of nitrogens with one attached hydrogen (secondary N) is 1. The first-order chi connectivity index (χ1) is 10.5. The van der Waals surface area contributed by atoms with E-state index in [4.69, 9.17) is 0 Å². The van der Waals surface area contributed by atoms with Gasteiger partial charge in [-0.3, -0.25) is 9.59 Å². The first-order valence-corrected chi connectivity index (χ1v) is 7.44. The van der Waals surface area contributed by atoms with Gasteiger partial charge in [-0.2, -0.15) is 0 Å². The fourth-order valence-electron chi connectivity index (χ4n) is 2.51. The van der Waals surface area contributed by atoms with Crippen molar-refractivity contribution in [1.82, 2.24) is 10.2 Å². The van der Waals surface area contributed by atoms with Crippen LogP contribution in [0, 0.1) is 6.92 Å². The molecular weight excluding hydrogens is 283 g/mol. The van der Waals surface area contributed by atoms with Crippen molar-refractivity contribution >= 4 is 18.9 Å². The summed E-state index contributed by atoms with van der Waals surface area (Å²) < 4.78 is 0. The maximum absolute atomic E-state index is 12.0.